The van der Waals surface area contributed by atoms with E-state index >= 15 is 0 Å². The summed E-state index contributed by atoms with van der Waals surface area (Å²) in [6.45, 7) is 4.56. The number of aromatic nitrogens is 7. The molecular weight excluding hydrogens is 857 g/mol. The molecule has 5 aromatic carbocycles. The molecule has 12 heteroatoms. The number of nitriles is 1. The summed E-state index contributed by atoms with van der Waals surface area (Å²) < 4.78 is 0. The fraction of sp³-hybridized carbons (Fsp3) is 0.105. The molecule has 0 aliphatic rings. The number of pyridine rings is 3. The molecule has 5 heterocycles. The van der Waals surface area contributed by atoms with E-state index in [9.17, 15) is 15.2 Å². The summed E-state index contributed by atoms with van der Waals surface area (Å²) in [7, 11) is 0. The Balaban J connectivity index is 0.000000172. The van der Waals surface area contributed by atoms with Gasteiger partial charge in [0.25, 0.3) is 0 Å². The average Bonchev–Trinajstić information content (AvgIpc) is 3.42. The number of hydrogen-bond donors (Lipinski definition) is 3. The van der Waals surface area contributed by atoms with E-state index in [-0.39, 0.29) is 5.92 Å². The highest BCUT2D eigenvalue weighted by atomic mass is 16.4. The standard InChI is InChI=1S/C29H23N5.C28H23N5O2/c1-20(18-30)22-11-7-12-23(17-22)28-33-26-15-8-14-25(21-9-3-2-4-10-21)27(26)29(34-28)32-19-24-13-5-6-16-31-24;1-18(28(34)35)20-14-21(16-29-15-20)26-32-24-12-7-11-23(19-8-3-2-4-9-19)25(24)27(33-26)31-17-22-10-5-6-13-30-22/h2-17,20H,19H2,1H3,(H,32,33,34);2-16,18H,17H2,1H3,(H,34,35)(H,31,32,33). The molecule has 0 spiro atoms. The first-order valence-electron chi connectivity index (χ1n) is 22.5. The molecule has 0 amide bonds. The Kier molecular flexibility index (Phi) is 13.7. The summed E-state index contributed by atoms with van der Waals surface area (Å²) in [5.74, 6) is 0.719. The summed E-state index contributed by atoms with van der Waals surface area (Å²) in [5, 5.41) is 27.6. The molecule has 0 saturated heterocycles. The molecule has 10 aromatic rings. The van der Waals surface area contributed by atoms with Gasteiger partial charge in [-0.25, -0.2) is 19.9 Å². The molecule has 3 N–H and O–H groups in total. The Labute approximate surface area is 399 Å². The van der Waals surface area contributed by atoms with E-state index in [1.165, 1.54) is 0 Å². The Bertz CT molecular complexity index is 3430. The molecule has 5 aromatic heterocycles. The first-order chi connectivity index (χ1) is 33.8. The van der Waals surface area contributed by atoms with Crippen LogP contribution < -0.4 is 10.6 Å². The lowest BCUT2D eigenvalue weighted by Crippen LogP contribution is -2.08. The summed E-state index contributed by atoms with van der Waals surface area (Å²) in [6, 6.07) is 56.2. The molecule has 12 nitrogen and oxygen atoms in total. The number of anilines is 2. The van der Waals surface area contributed by atoms with Gasteiger partial charge in [-0.1, -0.05) is 115 Å². The second-order valence-corrected chi connectivity index (χ2v) is 16.3. The fourth-order valence-corrected chi connectivity index (χ4v) is 7.93. The van der Waals surface area contributed by atoms with Crippen molar-refractivity contribution in [1.29, 1.82) is 5.26 Å². The van der Waals surface area contributed by atoms with Gasteiger partial charge in [0.15, 0.2) is 11.6 Å². The second-order valence-electron chi connectivity index (χ2n) is 16.3. The first kappa shape index (κ1) is 45.0. The van der Waals surface area contributed by atoms with Gasteiger partial charge in [-0.2, -0.15) is 5.26 Å². The quantitative estimate of drug-likeness (QED) is 0.1000. The Morgan fingerprint density at radius 3 is 1.55 bits per heavy atom. The zero-order valence-electron chi connectivity index (χ0n) is 37.9. The molecule has 0 saturated carbocycles. The van der Waals surface area contributed by atoms with E-state index in [0.717, 1.165) is 72.4 Å². The monoisotopic (exact) mass is 902 g/mol. The van der Waals surface area contributed by atoms with Crippen LogP contribution in [-0.4, -0.2) is 46.0 Å². The van der Waals surface area contributed by atoms with E-state index in [2.05, 4.69) is 68.1 Å². The smallest absolute Gasteiger partial charge is 0.310 e. The van der Waals surface area contributed by atoms with E-state index in [1.54, 1.807) is 37.8 Å². The number of carbonyl (C=O) groups is 1. The SMILES string of the molecule is CC(C#N)c1cccc(-c2nc(NCc3ccccn3)c3c(-c4ccccc4)cccc3n2)c1.CC(C(=O)O)c1cncc(-c2nc(NCc3ccccn3)c3c(-c4ccccc4)cccc3n2)c1. The molecule has 336 valence electrons. The predicted molar refractivity (Wildman–Crippen MR) is 272 cm³/mol. The fourth-order valence-electron chi connectivity index (χ4n) is 7.93. The van der Waals surface area contributed by atoms with Gasteiger partial charge in [0.2, 0.25) is 0 Å². The van der Waals surface area contributed by atoms with Gasteiger partial charge < -0.3 is 15.7 Å². The van der Waals surface area contributed by atoms with Crippen LogP contribution in [0, 0.1) is 11.3 Å². The van der Waals surface area contributed by atoms with Crippen LogP contribution in [0.25, 0.3) is 66.8 Å². The molecule has 0 bridgehead atoms. The highest BCUT2D eigenvalue weighted by Gasteiger charge is 2.19. The third-order valence-electron chi connectivity index (χ3n) is 11.7. The van der Waals surface area contributed by atoms with Crippen LogP contribution in [0.2, 0.25) is 0 Å². The van der Waals surface area contributed by atoms with Crippen molar-refractivity contribution in [3.05, 3.63) is 211 Å². The van der Waals surface area contributed by atoms with E-state index in [1.807, 2.05) is 128 Å². The number of fused-ring (bicyclic) bond motifs is 2. The molecule has 0 aliphatic carbocycles. The third-order valence-corrected chi connectivity index (χ3v) is 11.7. The second kappa shape index (κ2) is 21.0. The highest BCUT2D eigenvalue weighted by molar-refractivity contribution is 6.03. The van der Waals surface area contributed by atoms with E-state index in [4.69, 9.17) is 19.9 Å². The zero-order valence-corrected chi connectivity index (χ0v) is 37.9. The lowest BCUT2D eigenvalue weighted by Gasteiger charge is -2.15. The van der Waals surface area contributed by atoms with Crippen LogP contribution in [-0.2, 0) is 17.9 Å². The number of benzene rings is 5. The highest BCUT2D eigenvalue weighted by Crippen LogP contribution is 2.36. The van der Waals surface area contributed by atoms with Gasteiger partial charge in [0, 0.05) is 35.9 Å². The van der Waals surface area contributed by atoms with Gasteiger partial charge in [-0.3, -0.25) is 19.7 Å². The van der Waals surface area contributed by atoms with Gasteiger partial charge >= 0.3 is 5.97 Å². The van der Waals surface area contributed by atoms with Gasteiger partial charge in [0.1, 0.15) is 11.6 Å². The number of hydrogen-bond acceptors (Lipinski definition) is 11. The maximum atomic E-state index is 11.5. The van der Waals surface area contributed by atoms with Gasteiger partial charge in [-0.05, 0) is 95.8 Å². The largest absolute Gasteiger partial charge is 0.481 e. The van der Waals surface area contributed by atoms with Crippen LogP contribution in [0.1, 0.15) is 48.2 Å². The van der Waals surface area contributed by atoms with Crippen molar-refractivity contribution in [2.75, 3.05) is 10.6 Å². The molecule has 0 fully saturated rings. The van der Waals surface area contributed by atoms with Crippen molar-refractivity contribution >= 4 is 39.4 Å². The van der Waals surface area contributed by atoms with Crippen LogP contribution >= 0.6 is 0 Å². The maximum Gasteiger partial charge on any atom is 0.310 e. The third kappa shape index (κ3) is 10.4. The maximum absolute atomic E-state index is 11.5. The van der Waals surface area contributed by atoms with Gasteiger partial charge in [-0.15, -0.1) is 0 Å². The van der Waals surface area contributed by atoms with Crippen molar-refractivity contribution in [3.63, 3.8) is 0 Å². The predicted octanol–water partition coefficient (Wildman–Crippen LogP) is 12.2. The zero-order chi connectivity index (χ0) is 47.5. The minimum Gasteiger partial charge on any atom is -0.481 e. The Morgan fingerprint density at radius 1 is 0.551 bits per heavy atom. The normalized spacial score (nSPS) is 11.7. The lowest BCUT2D eigenvalue weighted by molar-refractivity contribution is -0.138. The number of carboxylic acids is 1. The summed E-state index contributed by atoms with van der Waals surface area (Å²) in [5.41, 5.74) is 10.8. The molecule has 2 atom stereocenters. The minimum atomic E-state index is -0.909. The minimum absolute atomic E-state index is 0.202. The molecule has 69 heavy (non-hydrogen) atoms. The molecular formula is C57H46N10O2. The summed E-state index contributed by atoms with van der Waals surface area (Å²) in [6.07, 6.45) is 6.77. The van der Waals surface area contributed by atoms with Crippen LogP contribution in [0.3, 0.4) is 0 Å². The number of carboxylic acid groups (broad SMARTS) is 1. The van der Waals surface area contributed by atoms with Crippen molar-refractivity contribution in [2.24, 2.45) is 0 Å². The van der Waals surface area contributed by atoms with Crippen LogP contribution in [0.4, 0.5) is 11.6 Å². The number of rotatable bonds is 13. The van der Waals surface area contributed by atoms with Crippen LogP contribution in [0.15, 0.2) is 189 Å². The van der Waals surface area contributed by atoms with E-state index < -0.39 is 11.9 Å². The summed E-state index contributed by atoms with van der Waals surface area (Å²) >= 11 is 0. The topological polar surface area (TPSA) is 175 Å². The van der Waals surface area contributed by atoms with Gasteiger partial charge in [0.05, 0.1) is 64.2 Å². The molecule has 0 aliphatic heterocycles. The number of nitrogens with one attached hydrogen (secondary N) is 2. The number of nitrogens with zero attached hydrogens (tertiary/aromatic N) is 8. The summed E-state index contributed by atoms with van der Waals surface area (Å²) in [4.78, 5) is 44.2. The Hall–Kier alpha value is -9.21. The van der Waals surface area contributed by atoms with Crippen molar-refractivity contribution < 1.29 is 9.90 Å². The Morgan fingerprint density at radius 2 is 1.04 bits per heavy atom. The lowest BCUT2D eigenvalue weighted by atomic mass is 9.99. The first-order valence-corrected chi connectivity index (χ1v) is 22.5. The molecule has 0 radical (unpaired) electrons. The van der Waals surface area contributed by atoms with Crippen molar-refractivity contribution in [1.82, 2.24) is 34.9 Å². The molecule has 2 unspecified atom stereocenters. The van der Waals surface area contributed by atoms with Crippen molar-refractivity contribution in [2.45, 2.75) is 38.8 Å². The van der Waals surface area contributed by atoms with Crippen molar-refractivity contribution in [3.8, 4) is 51.1 Å². The average molecular weight is 903 g/mol. The molecule has 10 rings (SSSR count). The number of aliphatic carboxylic acids is 1. The van der Waals surface area contributed by atoms with E-state index in [0.29, 0.717) is 41.7 Å². The van der Waals surface area contributed by atoms with Crippen LogP contribution in [0.5, 0.6) is 0 Å².